The second-order valence-electron chi connectivity index (χ2n) is 5.18. The lowest BCUT2D eigenvalue weighted by Crippen LogP contribution is -2.46. The molecule has 0 aliphatic carbocycles. The third-order valence-electron chi connectivity index (χ3n) is 3.08. The van der Waals surface area contributed by atoms with Gasteiger partial charge in [-0.05, 0) is 31.2 Å². The Kier molecular flexibility index (Phi) is 4.75. The number of hydrogen-bond donors (Lipinski definition) is 3. The number of aromatic nitrogens is 1. The van der Waals surface area contributed by atoms with Crippen LogP contribution in [0.3, 0.4) is 0 Å². The second-order valence-corrected chi connectivity index (χ2v) is 5.18. The van der Waals surface area contributed by atoms with Crippen molar-refractivity contribution in [1.82, 2.24) is 10.3 Å². The molecule has 3 N–H and O–H groups in total. The van der Waals surface area contributed by atoms with Gasteiger partial charge in [0.1, 0.15) is 12.1 Å². The molecule has 1 aromatic carbocycles. The van der Waals surface area contributed by atoms with Crippen LogP contribution in [-0.2, 0) is 16.0 Å². The number of oxazole rings is 1. The Bertz CT molecular complexity index is 709. The lowest BCUT2D eigenvalue weighted by atomic mass is 10.1. The molecule has 1 heterocycles. The van der Waals surface area contributed by atoms with Gasteiger partial charge in [0.15, 0.2) is 5.60 Å². The molecule has 1 unspecified atom stereocenters. The quantitative estimate of drug-likeness (QED) is 0.730. The summed E-state index contributed by atoms with van der Waals surface area (Å²) >= 11 is 0. The van der Waals surface area contributed by atoms with Crippen LogP contribution in [0.5, 0.6) is 0 Å². The fourth-order valence-corrected chi connectivity index (χ4v) is 1.69. The first-order valence-electron chi connectivity index (χ1n) is 6.71. The van der Waals surface area contributed by atoms with E-state index in [1.165, 1.54) is 30.5 Å². The predicted molar refractivity (Wildman–Crippen MR) is 76.9 cm³/mol. The Balaban J connectivity index is 1.95. The van der Waals surface area contributed by atoms with Crippen LogP contribution in [-0.4, -0.2) is 39.2 Å². The number of halogens is 1. The van der Waals surface area contributed by atoms with Crippen molar-refractivity contribution in [3.8, 4) is 11.5 Å². The Morgan fingerprint density at radius 1 is 1.35 bits per heavy atom. The first-order chi connectivity index (χ1) is 10.8. The highest BCUT2D eigenvalue weighted by atomic mass is 19.1. The minimum absolute atomic E-state index is 0.138. The summed E-state index contributed by atoms with van der Waals surface area (Å²) in [6.45, 7) is 0.655. The van der Waals surface area contributed by atoms with Gasteiger partial charge in [-0.1, -0.05) is 0 Å². The maximum absolute atomic E-state index is 12.9. The van der Waals surface area contributed by atoms with Crippen LogP contribution < -0.4 is 5.32 Å². The molecule has 8 heteroatoms. The molecular weight excluding hydrogens is 307 g/mol. The van der Waals surface area contributed by atoms with Crippen molar-refractivity contribution in [1.29, 1.82) is 0 Å². The topological polar surface area (TPSA) is 113 Å². The average molecular weight is 322 g/mol. The van der Waals surface area contributed by atoms with Gasteiger partial charge in [-0.3, -0.25) is 4.79 Å². The van der Waals surface area contributed by atoms with Gasteiger partial charge in [-0.2, -0.15) is 0 Å². The summed E-state index contributed by atoms with van der Waals surface area (Å²) in [7, 11) is 0. The summed E-state index contributed by atoms with van der Waals surface area (Å²) in [5.41, 5.74) is -1.15. The van der Waals surface area contributed by atoms with Crippen molar-refractivity contribution >= 4 is 11.9 Å². The van der Waals surface area contributed by atoms with Crippen LogP contribution in [0, 0.1) is 5.82 Å². The van der Waals surface area contributed by atoms with E-state index in [0.29, 0.717) is 11.3 Å². The summed E-state index contributed by atoms with van der Waals surface area (Å²) < 4.78 is 18.1. The minimum atomic E-state index is -2.04. The van der Waals surface area contributed by atoms with E-state index in [9.17, 15) is 19.1 Å². The summed E-state index contributed by atoms with van der Waals surface area (Å²) in [5.74, 6) is -2.08. The predicted octanol–water partition coefficient (Wildman–Crippen LogP) is 0.975. The molecule has 2 aromatic rings. The number of nitrogens with zero attached hydrogens (tertiary/aromatic N) is 1. The maximum Gasteiger partial charge on any atom is 0.337 e. The summed E-state index contributed by atoms with van der Waals surface area (Å²) in [6, 6.07) is 5.52. The van der Waals surface area contributed by atoms with E-state index < -0.39 is 24.0 Å². The van der Waals surface area contributed by atoms with Crippen LogP contribution in [0.4, 0.5) is 4.39 Å². The molecule has 0 radical (unpaired) electrons. The third-order valence-corrected chi connectivity index (χ3v) is 3.08. The molecule has 0 aliphatic rings. The van der Waals surface area contributed by atoms with Gasteiger partial charge >= 0.3 is 5.97 Å². The van der Waals surface area contributed by atoms with Crippen molar-refractivity contribution < 1.29 is 28.6 Å². The zero-order valence-electron chi connectivity index (χ0n) is 12.2. The Morgan fingerprint density at radius 3 is 2.61 bits per heavy atom. The standard InChI is InChI=1S/C15H15FN2O5/c1-15(22,14(20)21)8-17-12(19)6-11-7-23-13(18-11)9-2-4-10(16)5-3-9/h2-5,7,22H,6,8H2,1H3,(H,17,19)(H,20,21). The second kappa shape index (κ2) is 6.57. The van der Waals surface area contributed by atoms with E-state index in [1.807, 2.05) is 0 Å². The fraction of sp³-hybridized carbons (Fsp3) is 0.267. The lowest BCUT2D eigenvalue weighted by Gasteiger charge is -2.17. The molecule has 0 fully saturated rings. The normalized spacial score (nSPS) is 13.3. The number of carboxylic acid groups (broad SMARTS) is 1. The molecule has 0 saturated heterocycles. The van der Waals surface area contributed by atoms with Gasteiger partial charge in [0, 0.05) is 5.56 Å². The smallest absolute Gasteiger partial charge is 0.337 e. The van der Waals surface area contributed by atoms with Crippen molar-refractivity contribution in [3.05, 3.63) is 42.0 Å². The van der Waals surface area contributed by atoms with E-state index in [1.54, 1.807) is 0 Å². The molecule has 23 heavy (non-hydrogen) atoms. The van der Waals surface area contributed by atoms with E-state index in [2.05, 4.69) is 10.3 Å². The summed E-state index contributed by atoms with van der Waals surface area (Å²) in [6.07, 6.45) is 1.15. The lowest BCUT2D eigenvalue weighted by molar-refractivity contribution is -0.156. The molecule has 2 rings (SSSR count). The van der Waals surface area contributed by atoms with E-state index in [-0.39, 0.29) is 18.1 Å². The van der Waals surface area contributed by atoms with Crippen LogP contribution in [0.25, 0.3) is 11.5 Å². The molecule has 0 saturated carbocycles. The zero-order valence-corrected chi connectivity index (χ0v) is 12.2. The number of aliphatic carboxylic acids is 1. The van der Waals surface area contributed by atoms with Crippen molar-refractivity contribution in [3.63, 3.8) is 0 Å². The number of carbonyl (C=O) groups is 2. The van der Waals surface area contributed by atoms with Gasteiger partial charge in [-0.15, -0.1) is 0 Å². The van der Waals surface area contributed by atoms with E-state index in [4.69, 9.17) is 9.52 Å². The van der Waals surface area contributed by atoms with Crippen LogP contribution in [0.1, 0.15) is 12.6 Å². The van der Waals surface area contributed by atoms with Crippen molar-refractivity contribution in [2.24, 2.45) is 0 Å². The molecule has 0 bridgehead atoms. The molecule has 122 valence electrons. The Hall–Kier alpha value is -2.74. The molecule has 1 atom stereocenters. The molecular formula is C15H15FN2O5. The minimum Gasteiger partial charge on any atom is -0.479 e. The number of carboxylic acids is 1. The number of aliphatic hydroxyl groups is 1. The monoisotopic (exact) mass is 322 g/mol. The number of carbonyl (C=O) groups excluding carboxylic acids is 1. The number of amides is 1. The first-order valence-corrected chi connectivity index (χ1v) is 6.71. The Morgan fingerprint density at radius 2 is 2.00 bits per heavy atom. The number of rotatable bonds is 6. The molecule has 1 aromatic heterocycles. The summed E-state index contributed by atoms with van der Waals surface area (Å²) in [4.78, 5) is 26.5. The first kappa shape index (κ1) is 16.6. The van der Waals surface area contributed by atoms with Crippen LogP contribution in [0.2, 0.25) is 0 Å². The highest BCUT2D eigenvalue weighted by molar-refractivity contribution is 5.81. The highest BCUT2D eigenvalue weighted by Gasteiger charge is 2.30. The zero-order chi connectivity index (χ0) is 17.0. The maximum atomic E-state index is 12.9. The SMILES string of the molecule is CC(O)(CNC(=O)Cc1coc(-c2ccc(F)cc2)n1)C(=O)O. The fourth-order valence-electron chi connectivity index (χ4n) is 1.69. The van der Waals surface area contributed by atoms with Gasteiger partial charge in [-0.25, -0.2) is 14.2 Å². The van der Waals surface area contributed by atoms with Gasteiger partial charge in [0.2, 0.25) is 11.8 Å². The number of nitrogens with one attached hydrogen (secondary N) is 1. The highest BCUT2D eigenvalue weighted by Crippen LogP contribution is 2.19. The number of benzene rings is 1. The van der Waals surface area contributed by atoms with E-state index >= 15 is 0 Å². The molecule has 1 amide bonds. The molecule has 7 nitrogen and oxygen atoms in total. The van der Waals surface area contributed by atoms with Gasteiger partial charge < -0.3 is 19.9 Å². The van der Waals surface area contributed by atoms with Crippen molar-refractivity contribution in [2.75, 3.05) is 6.54 Å². The molecule has 0 aliphatic heterocycles. The third kappa shape index (κ3) is 4.36. The average Bonchev–Trinajstić information content (AvgIpc) is 2.94. The summed E-state index contributed by atoms with van der Waals surface area (Å²) in [5, 5.41) is 20.5. The van der Waals surface area contributed by atoms with Crippen LogP contribution in [0.15, 0.2) is 34.9 Å². The van der Waals surface area contributed by atoms with Crippen LogP contribution >= 0.6 is 0 Å². The largest absolute Gasteiger partial charge is 0.479 e. The van der Waals surface area contributed by atoms with Gasteiger partial charge in [0.05, 0.1) is 18.7 Å². The van der Waals surface area contributed by atoms with E-state index in [0.717, 1.165) is 6.92 Å². The van der Waals surface area contributed by atoms with Crippen molar-refractivity contribution in [2.45, 2.75) is 18.9 Å². The van der Waals surface area contributed by atoms with Gasteiger partial charge in [0.25, 0.3) is 0 Å². The molecule has 0 spiro atoms. The Labute approximate surface area is 130 Å². The number of hydrogen-bond acceptors (Lipinski definition) is 5.